The fourth-order valence-electron chi connectivity index (χ4n) is 4.02. The van der Waals surface area contributed by atoms with E-state index >= 15 is 0 Å². The summed E-state index contributed by atoms with van der Waals surface area (Å²) in [6.07, 6.45) is 2.14. The summed E-state index contributed by atoms with van der Waals surface area (Å²) in [6, 6.07) is 17.3. The van der Waals surface area contributed by atoms with Crippen LogP contribution in [0.3, 0.4) is 0 Å². The lowest BCUT2D eigenvalue weighted by Gasteiger charge is -2.14. The van der Waals surface area contributed by atoms with Gasteiger partial charge in [-0.1, -0.05) is 39.0 Å². The van der Waals surface area contributed by atoms with Crippen LogP contribution in [0.4, 0.5) is 31.3 Å². The first kappa shape index (κ1) is 28.3. The second-order valence-electron chi connectivity index (χ2n) is 10.5. The molecule has 0 radical (unpaired) electrons. The normalized spacial score (nSPS) is 11.2. The molecule has 9 nitrogen and oxygen atoms in total. The Morgan fingerprint density at radius 3 is 2.38 bits per heavy atom. The molecule has 0 unspecified atom stereocenters. The van der Waals surface area contributed by atoms with Gasteiger partial charge < -0.3 is 10.1 Å². The number of ether oxygens (including phenoxy) is 1. The van der Waals surface area contributed by atoms with Gasteiger partial charge >= 0.3 is 12.1 Å². The van der Waals surface area contributed by atoms with Crippen molar-refractivity contribution in [1.29, 1.82) is 0 Å². The van der Waals surface area contributed by atoms with E-state index in [9.17, 15) is 14.0 Å². The number of anilines is 3. The molecule has 10 heteroatoms. The van der Waals surface area contributed by atoms with Crippen molar-refractivity contribution in [2.24, 2.45) is 0 Å². The number of hydrogen-bond donors (Lipinski definition) is 3. The third-order valence-electron chi connectivity index (χ3n) is 6.19. The molecule has 0 aliphatic carbocycles. The zero-order chi connectivity index (χ0) is 28.9. The molecule has 0 aliphatic heterocycles. The molecule has 3 amide bonds. The second kappa shape index (κ2) is 12.0. The predicted molar refractivity (Wildman–Crippen MR) is 154 cm³/mol. The number of halogens is 1. The molecule has 40 heavy (non-hydrogen) atoms. The molecule has 2 heterocycles. The first-order valence-corrected chi connectivity index (χ1v) is 12.9. The standard InChI is InChI=1S/C30H33FN6O3/c1-19-7-6-8-22(15-19)37-27(18-25(36-37)30(2,3)4)35-28(38)33-24-12-11-20(16-23(24)31)9-10-21-13-14-32-26(17-21)34-29(39)40-5/h6-8,11-18H,9-10H2,1-5H3,(H,32,34,39)(H2,33,35,38). The first-order valence-electron chi connectivity index (χ1n) is 12.9. The van der Waals surface area contributed by atoms with Gasteiger partial charge in [0.25, 0.3) is 0 Å². The van der Waals surface area contributed by atoms with Crippen LogP contribution in [0.25, 0.3) is 5.69 Å². The minimum Gasteiger partial charge on any atom is -0.453 e. The molecule has 0 saturated heterocycles. The number of nitrogens with one attached hydrogen (secondary N) is 3. The van der Waals surface area contributed by atoms with Crippen LogP contribution in [0.2, 0.25) is 0 Å². The SMILES string of the molecule is COC(=O)Nc1cc(CCc2ccc(NC(=O)Nc3cc(C(C)(C)C)nn3-c3cccc(C)c3)c(F)c2)ccn1. The first-order chi connectivity index (χ1) is 19.0. The van der Waals surface area contributed by atoms with Gasteiger partial charge in [-0.05, 0) is 72.9 Å². The van der Waals surface area contributed by atoms with Crippen molar-refractivity contribution >= 4 is 29.4 Å². The summed E-state index contributed by atoms with van der Waals surface area (Å²) >= 11 is 0. The zero-order valence-corrected chi connectivity index (χ0v) is 23.2. The number of hydrogen-bond acceptors (Lipinski definition) is 5. The van der Waals surface area contributed by atoms with Gasteiger partial charge in [-0.3, -0.25) is 10.6 Å². The Bertz CT molecular complexity index is 1530. The monoisotopic (exact) mass is 544 g/mol. The van der Waals surface area contributed by atoms with Crippen LogP contribution in [0.15, 0.2) is 66.9 Å². The topological polar surface area (TPSA) is 110 Å². The third kappa shape index (κ3) is 7.22. The van der Waals surface area contributed by atoms with Crippen molar-refractivity contribution in [3.63, 3.8) is 0 Å². The molecular formula is C30H33FN6O3. The molecule has 0 bridgehead atoms. The average molecular weight is 545 g/mol. The van der Waals surface area contributed by atoms with Gasteiger partial charge in [0.05, 0.1) is 24.2 Å². The Labute approximate surface area is 232 Å². The number of methoxy groups -OCH3 is 1. The van der Waals surface area contributed by atoms with E-state index < -0.39 is 17.9 Å². The van der Waals surface area contributed by atoms with E-state index in [1.807, 2.05) is 64.1 Å². The van der Waals surface area contributed by atoms with Crippen LogP contribution >= 0.6 is 0 Å². The summed E-state index contributed by atoms with van der Waals surface area (Å²) in [5.41, 5.74) is 4.18. The van der Waals surface area contributed by atoms with E-state index in [-0.39, 0.29) is 11.1 Å². The van der Waals surface area contributed by atoms with Crippen LogP contribution in [-0.2, 0) is 23.0 Å². The lowest BCUT2D eigenvalue weighted by molar-refractivity contribution is 0.187. The van der Waals surface area contributed by atoms with Crippen LogP contribution in [0.1, 0.15) is 43.2 Å². The van der Waals surface area contributed by atoms with Crippen LogP contribution in [0.5, 0.6) is 0 Å². The number of carbonyl (C=O) groups excluding carboxylic acids is 2. The summed E-state index contributed by atoms with van der Waals surface area (Å²) in [7, 11) is 1.28. The average Bonchev–Trinajstić information content (AvgIpc) is 3.33. The molecule has 0 aliphatic rings. The summed E-state index contributed by atoms with van der Waals surface area (Å²) in [5, 5.41) is 12.7. The quantitative estimate of drug-likeness (QED) is 0.242. The van der Waals surface area contributed by atoms with Crippen molar-refractivity contribution in [2.75, 3.05) is 23.1 Å². The van der Waals surface area contributed by atoms with Crippen LogP contribution < -0.4 is 16.0 Å². The number of benzene rings is 2. The van der Waals surface area contributed by atoms with Gasteiger partial charge in [-0.25, -0.2) is 23.6 Å². The summed E-state index contributed by atoms with van der Waals surface area (Å²) < 4.78 is 21.2. The second-order valence-corrected chi connectivity index (χ2v) is 10.5. The van der Waals surface area contributed by atoms with Gasteiger partial charge in [-0.15, -0.1) is 0 Å². The highest BCUT2D eigenvalue weighted by molar-refractivity contribution is 5.99. The number of pyridine rings is 1. The Morgan fingerprint density at radius 1 is 0.950 bits per heavy atom. The molecule has 2 aromatic carbocycles. The maximum absolute atomic E-state index is 14.9. The van der Waals surface area contributed by atoms with Crippen molar-refractivity contribution in [2.45, 2.75) is 46.0 Å². The van der Waals surface area contributed by atoms with Crippen LogP contribution in [-0.4, -0.2) is 34.0 Å². The van der Waals surface area contributed by atoms with Crippen molar-refractivity contribution in [3.05, 3.63) is 95.1 Å². The molecular weight excluding hydrogens is 511 g/mol. The van der Waals surface area contributed by atoms with Crippen molar-refractivity contribution < 1.29 is 18.7 Å². The van der Waals surface area contributed by atoms with E-state index in [4.69, 9.17) is 5.10 Å². The number of aromatic nitrogens is 3. The highest BCUT2D eigenvalue weighted by Gasteiger charge is 2.22. The molecule has 2 aromatic heterocycles. The zero-order valence-electron chi connectivity index (χ0n) is 23.2. The Morgan fingerprint density at radius 2 is 1.70 bits per heavy atom. The lowest BCUT2D eigenvalue weighted by atomic mass is 9.92. The smallest absolute Gasteiger partial charge is 0.412 e. The maximum atomic E-state index is 14.9. The van der Waals surface area contributed by atoms with E-state index in [0.717, 1.165) is 28.1 Å². The minimum atomic E-state index is -0.604. The van der Waals surface area contributed by atoms with E-state index in [1.165, 1.54) is 13.2 Å². The van der Waals surface area contributed by atoms with Gasteiger partial charge in [0, 0.05) is 17.7 Å². The number of amides is 3. The summed E-state index contributed by atoms with van der Waals surface area (Å²) in [6.45, 7) is 8.12. The fourth-order valence-corrected chi connectivity index (χ4v) is 4.02. The van der Waals surface area contributed by atoms with E-state index in [0.29, 0.717) is 24.5 Å². The molecule has 0 fully saturated rings. The summed E-state index contributed by atoms with van der Waals surface area (Å²) in [4.78, 5) is 28.4. The molecule has 0 saturated carbocycles. The van der Waals surface area contributed by atoms with Gasteiger partial charge in [0.15, 0.2) is 0 Å². The molecule has 3 N–H and O–H groups in total. The van der Waals surface area contributed by atoms with E-state index in [2.05, 4.69) is 25.7 Å². The number of nitrogens with zero attached hydrogens (tertiary/aromatic N) is 3. The largest absolute Gasteiger partial charge is 0.453 e. The molecule has 208 valence electrons. The third-order valence-corrected chi connectivity index (χ3v) is 6.19. The van der Waals surface area contributed by atoms with Gasteiger partial charge in [-0.2, -0.15) is 5.10 Å². The number of urea groups is 1. The predicted octanol–water partition coefficient (Wildman–Crippen LogP) is 6.62. The van der Waals surface area contributed by atoms with Gasteiger partial charge in [0.1, 0.15) is 17.5 Å². The summed E-state index contributed by atoms with van der Waals surface area (Å²) in [5.74, 6) is 0.306. The molecule has 4 rings (SSSR count). The van der Waals surface area contributed by atoms with Crippen LogP contribution in [0, 0.1) is 12.7 Å². The Kier molecular flexibility index (Phi) is 8.47. The van der Waals surface area contributed by atoms with E-state index in [1.54, 1.807) is 29.1 Å². The van der Waals surface area contributed by atoms with Crippen molar-refractivity contribution in [3.8, 4) is 5.69 Å². The lowest BCUT2D eigenvalue weighted by Crippen LogP contribution is -2.22. The number of rotatable bonds is 7. The fraction of sp³-hybridized carbons (Fsp3) is 0.267. The Balaban J connectivity index is 1.43. The van der Waals surface area contributed by atoms with Crippen molar-refractivity contribution in [1.82, 2.24) is 14.8 Å². The highest BCUT2D eigenvalue weighted by atomic mass is 19.1. The number of carbonyl (C=O) groups is 2. The Hall–Kier alpha value is -4.73. The number of aryl methyl sites for hydroxylation is 3. The maximum Gasteiger partial charge on any atom is 0.412 e. The molecule has 0 spiro atoms. The molecule has 0 atom stereocenters. The minimum absolute atomic E-state index is 0.0624. The highest BCUT2D eigenvalue weighted by Crippen LogP contribution is 2.27. The van der Waals surface area contributed by atoms with Gasteiger partial charge in [0.2, 0.25) is 0 Å². The molecule has 4 aromatic rings.